The van der Waals surface area contributed by atoms with Crippen LogP contribution >= 0.6 is 11.6 Å². The third kappa shape index (κ3) is 2.00. The Bertz CT molecular complexity index is 440. The maximum absolute atomic E-state index is 9.87. The zero-order valence-electron chi connectivity index (χ0n) is 10.4. The van der Waals surface area contributed by atoms with Crippen molar-refractivity contribution < 1.29 is 5.11 Å². The summed E-state index contributed by atoms with van der Waals surface area (Å²) in [6.07, 6.45) is 3.42. The van der Waals surface area contributed by atoms with E-state index in [2.05, 4.69) is 10.2 Å². The van der Waals surface area contributed by atoms with Gasteiger partial charge in [-0.1, -0.05) is 17.7 Å². The van der Waals surface area contributed by atoms with Gasteiger partial charge in [-0.2, -0.15) is 0 Å². The van der Waals surface area contributed by atoms with E-state index in [-0.39, 0.29) is 12.1 Å². The summed E-state index contributed by atoms with van der Waals surface area (Å²) in [6.45, 7) is 2.43. The highest BCUT2D eigenvalue weighted by Gasteiger charge is 2.48. The molecule has 2 heterocycles. The largest absolute Gasteiger partial charge is 0.394 e. The fourth-order valence-corrected chi connectivity index (χ4v) is 3.64. The average Bonchev–Trinajstić information content (AvgIpc) is 2.93. The molecule has 1 aromatic carbocycles. The number of nitrogens with zero attached hydrogens (tertiary/aromatic N) is 1. The third-order valence-electron chi connectivity index (χ3n) is 4.35. The summed E-state index contributed by atoms with van der Waals surface area (Å²) in [4.78, 5) is 2.49. The predicted octanol–water partition coefficient (Wildman–Crippen LogP) is 2.35. The second-order valence-corrected chi connectivity index (χ2v) is 5.83. The van der Waals surface area contributed by atoms with E-state index < -0.39 is 0 Å². The first kappa shape index (κ1) is 12.3. The lowest BCUT2D eigenvalue weighted by Crippen LogP contribution is -2.50. The molecule has 18 heavy (non-hydrogen) atoms. The van der Waals surface area contributed by atoms with Crippen LogP contribution in [0.15, 0.2) is 24.3 Å². The number of fused-ring (bicyclic) bond motifs is 1. The number of aliphatic hydroxyl groups is 1. The van der Waals surface area contributed by atoms with Gasteiger partial charge in [0, 0.05) is 23.3 Å². The van der Waals surface area contributed by atoms with Crippen LogP contribution in [0.3, 0.4) is 0 Å². The summed E-state index contributed by atoms with van der Waals surface area (Å²) >= 11 is 6.02. The molecule has 98 valence electrons. The highest BCUT2D eigenvalue weighted by molar-refractivity contribution is 6.30. The molecule has 2 saturated heterocycles. The number of rotatable bonds is 3. The average molecular weight is 267 g/mol. The van der Waals surface area contributed by atoms with Crippen molar-refractivity contribution in [3.05, 3.63) is 29.3 Å². The fourth-order valence-electron chi connectivity index (χ4n) is 3.45. The van der Waals surface area contributed by atoms with E-state index in [1.54, 1.807) is 0 Å². The summed E-state index contributed by atoms with van der Waals surface area (Å²) in [5, 5.41) is 14.1. The quantitative estimate of drug-likeness (QED) is 0.882. The lowest BCUT2D eigenvalue weighted by Gasteiger charge is -2.35. The molecule has 1 aromatic rings. The minimum absolute atomic E-state index is 0.181. The maximum Gasteiger partial charge on any atom is 0.0770 e. The fraction of sp³-hybridized carbons (Fsp3) is 0.571. The van der Waals surface area contributed by atoms with Crippen LogP contribution in [0.25, 0.3) is 0 Å². The Balaban J connectivity index is 1.84. The topological polar surface area (TPSA) is 35.5 Å². The zero-order valence-corrected chi connectivity index (χ0v) is 11.2. The first-order valence-corrected chi connectivity index (χ1v) is 7.00. The van der Waals surface area contributed by atoms with Crippen LogP contribution in [0.2, 0.25) is 5.02 Å². The van der Waals surface area contributed by atoms with Crippen molar-refractivity contribution in [2.45, 2.75) is 30.8 Å². The summed E-state index contributed by atoms with van der Waals surface area (Å²) in [5.41, 5.74) is 0.812. The minimum atomic E-state index is -0.193. The lowest BCUT2D eigenvalue weighted by atomic mass is 9.89. The number of hydrogen-bond donors (Lipinski definition) is 2. The highest BCUT2D eigenvalue weighted by atomic mass is 35.5. The number of nitrogens with one attached hydrogen (secondary N) is 1. The van der Waals surface area contributed by atoms with Gasteiger partial charge in [-0.15, -0.1) is 0 Å². The van der Waals surface area contributed by atoms with Crippen LogP contribution in [0, 0.1) is 0 Å². The predicted molar refractivity (Wildman–Crippen MR) is 74.1 cm³/mol. The Kier molecular flexibility index (Phi) is 3.22. The Morgan fingerprint density at radius 3 is 3.11 bits per heavy atom. The van der Waals surface area contributed by atoms with E-state index >= 15 is 0 Å². The van der Waals surface area contributed by atoms with E-state index in [4.69, 9.17) is 11.6 Å². The van der Waals surface area contributed by atoms with E-state index in [0.717, 1.165) is 23.7 Å². The van der Waals surface area contributed by atoms with Crippen LogP contribution in [0.1, 0.15) is 19.3 Å². The molecule has 3 nitrogen and oxygen atoms in total. The van der Waals surface area contributed by atoms with Gasteiger partial charge in [-0.25, -0.2) is 0 Å². The van der Waals surface area contributed by atoms with E-state index in [9.17, 15) is 5.11 Å². The van der Waals surface area contributed by atoms with Crippen molar-refractivity contribution in [1.29, 1.82) is 0 Å². The normalized spacial score (nSPS) is 31.6. The molecule has 0 aliphatic carbocycles. The zero-order chi connectivity index (χ0) is 12.6. The molecule has 2 atom stereocenters. The molecule has 2 fully saturated rings. The molecule has 0 saturated carbocycles. The Hall–Kier alpha value is -0.770. The smallest absolute Gasteiger partial charge is 0.0770 e. The SMILES string of the molecule is OCC1(Nc2cccc(Cl)c2)CCN2CCCC21. The number of anilines is 1. The van der Waals surface area contributed by atoms with Crippen LogP contribution in [0.4, 0.5) is 5.69 Å². The minimum Gasteiger partial charge on any atom is -0.394 e. The van der Waals surface area contributed by atoms with E-state index in [1.165, 1.54) is 19.4 Å². The second kappa shape index (κ2) is 4.72. The Labute approximate surface area is 113 Å². The van der Waals surface area contributed by atoms with Crippen LogP contribution < -0.4 is 5.32 Å². The van der Waals surface area contributed by atoms with Gasteiger partial charge < -0.3 is 10.4 Å². The van der Waals surface area contributed by atoms with E-state index in [0.29, 0.717) is 6.04 Å². The third-order valence-corrected chi connectivity index (χ3v) is 4.58. The highest BCUT2D eigenvalue weighted by Crippen LogP contribution is 2.38. The monoisotopic (exact) mass is 266 g/mol. The van der Waals surface area contributed by atoms with Crippen molar-refractivity contribution in [1.82, 2.24) is 4.90 Å². The molecular formula is C14H19ClN2O. The number of halogens is 1. The number of hydrogen-bond acceptors (Lipinski definition) is 3. The molecule has 0 aromatic heterocycles. The van der Waals surface area contributed by atoms with Gasteiger partial charge in [0.2, 0.25) is 0 Å². The lowest BCUT2D eigenvalue weighted by molar-refractivity contribution is 0.175. The Morgan fingerprint density at radius 1 is 1.44 bits per heavy atom. The first-order chi connectivity index (χ1) is 8.73. The molecule has 2 N–H and O–H groups in total. The molecular weight excluding hydrogens is 248 g/mol. The molecule has 0 bridgehead atoms. The maximum atomic E-state index is 9.87. The summed E-state index contributed by atoms with van der Waals surface area (Å²) in [5.74, 6) is 0. The molecule has 4 heteroatoms. The summed E-state index contributed by atoms with van der Waals surface area (Å²) in [6, 6.07) is 8.21. The van der Waals surface area contributed by atoms with Crippen molar-refractivity contribution in [2.24, 2.45) is 0 Å². The molecule has 2 aliphatic rings. The molecule has 2 unspecified atom stereocenters. The van der Waals surface area contributed by atoms with Crippen molar-refractivity contribution in [2.75, 3.05) is 25.0 Å². The summed E-state index contributed by atoms with van der Waals surface area (Å²) in [7, 11) is 0. The summed E-state index contributed by atoms with van der Waals surface area (Å²) < 4.78 is 0. The molecule has 2 aliphatic heterocycles. The van der Waals surface area contributed by atoms with Gasteiger partial charge in [0.15, 0.2) is 0 Å². The van der Waals surface area contributed by atoms with Crippen molar-refractivity contribution in [3.8, 4) is 0 Å². The standard InChI is InChI=1S/C14H19ClN2O/c15-11-3-1-4-12(9-11)16-14(10-18)6-8-17-7-2-5-13(14)17/h1,3-4,9,13,16,18H,2,5-8,10H2. The van der Waals surface area contributed by atoms with Crippen molar-refractivity contribution in [3.63, 3.8) is 0 Å². The first-order valence-electron chi connectivity index (χ1n) is 6.62. The van der Waals surface area contributed by atoms with Gasteiger partial charge in [0.1, 0.15) is 0 Å². The number of benzene rings is 1. The van der Waals surface area contributed by atoms with Gasteiger partial charge in [-0.05, 0) is 44.0 Å². The molecule has 3 rings (SSSR count). The molecule has 0 radical (unpaired) electrons. The van der Waals surface area contributed by atoms with Gasteiger partial charge >= 0.3 is 0 Å². The second-order valence-electron chi connectivity index (χ2n) is 5.39. The van der Waals surface area contributed by atoms with Crippen LogP contribution in [-0.2, 0) is 0 Å². The van der Waals surface area contributed by atoms with E-state index in [1.807, 2.05) is 24.3 Å². The number of aliphatic hydroxyl groups excluding tert-OH is 1. The van der Waals surface area contributed by atoms with Gasteiger partial charge in [0.25, 0.3) is 0 Å². The molecule has 0 spiro atoms. The van der Waals surface area contributed by atoms with Crippen LogP contribution in [0.5, 0.6) is 0 Å². The van der Waals surface area contributed by atoms with Gasteiger partial charge in [-0.3, -0.25) is 4.90 Å². The Morgan fingerprint density at radius 2 is 2.33 bits per heavy atom. The molecule has 0 amide bonds. The van der Waals surface area contributed by atoms with Crippen LogP contribution in [-0.4, -0.2) is 41.3 Å². The van der Waals surface area contributed by atoms with Gasteiger partial charge in [0.05, 0.1) is 12.1 Å². The van der Waals surface area contributed by atoms with Crippen molar-refractivity contribution >= 4 is 17.3 Å².